The number of hydrogen-bond donors (Lipinski definition) is 1. The van der Waals surface area contributed by atoms with Crippen molar-refractivity contribution in [2.75, 3.05) is 19.6 Å². The molecule has 1 heterocycles. The van der Waals surface area contributed by atoms with Gasteiger partial charge in [0.25, 0.3) is 0 Å². The average Bonchev–Trinajstić information content (AvgIpc) is 2.13. The molecule has 1 amide bonds. The maximum absolute atomic E-state index is 11.0. The topological polar surface area (TPSA) is 32.3 Å². The SMILES string of the molecule is CC(C)N1CCCNC(=O)C1. The molecule has 0 aliphatic carbocycles. The molecule has 0 aromatic rings. The lowest BCUT2D eigenvalue weighted by atomic mass is 10.3. The van der Waals surface area contributed by atoms with E-state index in [9.17, 15) is 4.79 Å². The van der Waals surface area contributed by atoms with Gasteiger partial charge in [-0.3, -0.25) is 9.69 Å². The minimum atomic E-state index is 0.163. The molecule has 0 spiro atoms. The first-order chi connectivity index (χ1) is 5.20. The van der Waals surface area contributed by atoms with Crippen molar-refractivity contribution in [1.29, 1.82) is 0 Å². The van der Waals surface area contributed by atoms with Crippen molar-refractivity contribution in [3.63, 3.8) is 0 Å². The van der Waals surface area contributed by atoms with E-state index < -0.39 is 0 Å². The van der Waals surface area contributed by atoms with Crippen LogP contribution in [0.15, 0.2) is 0 Å². The molecule has 0 bridgehead atoms. The fourth-order valence-corrected chi connectivity index (χ4v) is 1.27. The molecule has 1 aliphatic heterocycles. The van der Waals surface area contributed by atoms with Gasteiger partial charge in [-0.2, -0.15) is 0 Å². The summed E-state index contributed by atoms with van der Waals surface area (Å²) in [5.41, 5.74) is 0. The minimum Gasteiger partial charge on any atom is -0.355 e. The Morgan fingerprint density at radius 3 is 2.91 bits per heavy atom. The van der Waals surface area contributed by atoms with E-state index in [0.717, 1.165) is 19.5 Å². The molecule has 11 heavy (non-hydrogen) atoms. The quantitative estimate of drug-likeness (QED) is 0.589. The summed E-state index contributed by atoms with van der Waals surface area (Å²) in [6.45, 7) is 6.69. The van der Waals surface area contributed by atoms with Crippen molar-refractivity contribution < 1.29 is 4.79 Å². The second kappa shape index (κ2) is 3.72. The van der Waals surface area contributed by atoms with Crippen molar-refractivity contribution in [3.8, 4) is 0 Å². The van der Waals surface area contributed by atoms with Crippen LogP contribution in [0.4, 0.5) is 0 Å². The maximum Gasteiger partial charge on any atom is 0.234 e. The normalized spacial score (nSPS) is 21.5. The highest BCUT2D eigenvalue weighted by Gasteiger charge is 2.15. The van der Waals surface area contributed by atoms with E-state index in [4.69, 9.17) is 0 Å². The Balaban J connectivity index is 2.45. The third kappa shape index (κ3) is 2.50. The number of nitrogens with one attached hydrogen (secondary N) is 1. The van der Waals surface area contributed by atoms with Crippen LogP contribution in [-0.2, 0) is 4.79 Å². The zero-order valence-electron chi connectivity index (χ0n) is 7.26. The van der Waals surface area contributed by atoms with E-state index in [2.05, 4.69) is 24.1 Å². The summed E-state index contributed by atoms with van der Waals surface area (Å²) >= 11 is 0. The van der Waals surface area contributed by atoms with Crippen molar-refractivity contribution in [2.24, 2.45) is 0 Å². The predicted octanol–water partition coefficient (Wildman–Crippen LogP) is 0.217. The molecule has 1 rings (SSSR count). The van der Waals surface area contributed by atoms with Gasteiger partial charge in [0.05, 0.1) is 6.54 Å². The van der Waals surface area contributed by atoms with Gasteiger partial charge in [0.1, 0.15) is 0 Å². The summed E-state index contributed by atoms with van der Waals surface area (Å²) in [7, 11) is 0. The maximum atomic E-state index is 11.0. The van der Waals surface area contributed by atoms with Gasteiger partial charge in [0.2, 0.25) is 5.91 Å². The van der Waals surface area contributed by atoms with Crippen LogP contribution in [-0.4, -0.2) is 36.5 Å². The van der Waals surface area contributed by atoms with Crippen LogP contribution in [0.25, 0.3) is 0 Å². The van der Waals surface area contributed by atoms with Crippen LogP contribution in [0.1, 0.15) is 20.3 Å². The summed E-state index contributed by atoms with van der Waals surface area (Å²) < 4.78 is 0. The standard InChI is InChI=1S/C8H16N2O/c1-7(2)10-5-3-4-9-8(11)6-10/h7H,3-6H2,1-2H3,(H,9,11). The molecule has 0 atom stereocenters. The molecule has 3 nitrogen and oxygen atoms in total. The molecule has 1 aliphatic rings. The Labute approximate surface area is 67.8 Å². The number of rotatable bonds is 1. The van der Waals surface area contributed by atoms with Gasteiger partial charge in [-0.05, 0) is 20.3 Å². The Kier molecular flexibility index (Phi) is 2.88. The first kappa shape index (κ1) is 8.53. The lowest BCUT2D eigenvalue weighted by Gasteiger charge is -2.22. The van der Waals surface area contributed by atoms with Crippen molar-refractivity contribution >= 4 is 5.91 Å². The van der Waals surface area contributed by atoms with Crippen molar-refractivity contribution in [3.05, 3.63) is 0 Å². The van der Waals surface area contributed by atoms with Crippen LogP contribution < -0.4 is 5.32 Å². The van der Waals surface area contributed by atoms with Gasteiger partial charge in [-0.15, -0.1) is 0 Å². The molecule has 0 radical (unpaired) electrons. The summed E-state index contributed by atoms with van der Waals surface area (Å²) in [5, 5.41) is 2.85. The average molecular weight is 156 g/mol. The number of hydrogen-bond acceptors (Lipinski definition) is 2. The molecule has 0 aromatic heterocycles. The largest absolute Gasteiger partial charge is 0.355 e. The third-order valence-corrected chi connectivity index (χ3v) is 2.02. The number of amides is 1. The molecule has 0 unspecified atom stereocenters. The summed E-state index contributed by atoms with van der Waals surface area (Å²) in [6, 6.07) is 0.485. The summed E-state index contributed by atoms with van der Waals surface area (Å²) in [6.07, 6.45) is 1.07. The number of carbonyl (C=O) groups excluding carboxylic acids is 1. The van der Waals surface area contributed by atoms with Gasteiger partial charge >= 0.3 is 0 Å². The molecule has 3 heteroatoms. The zero-order valence-corrected chi connectivity index (χ0v) is 7.26. The fraction of sp³-hybridized carbons (Fsp3) is 0.875. The lowest BCUT2D eigenvalue weighted by molar-refractivity contribution is -0.121. The van der Waals surface area contributed by atoms with Crippen molar-refractivity contribution in [1.82, 2.24) is 10.2 Å². The molecule has 1 fully saturated rings. The third-order valence-electron chi connectivity index (χ3n) is 2.02. The van der Waals surface area contributed by atoms with E-state index in [1.807, 2.05) is 0 Å². The minimum absolute atomic E-state index is 0.163. The van der Waals surface area contributed by atoms with E-state index in [1.165, 1.54) is 0 Å². The fourth-order valence-electron chi connectivity index (χ4n) is 1.27. The highest BCUT2D eigenvalue weighted by molar-refractivity contribution is 5.78. The number of nitrogens with zero attached hydrogens (tertiary/aromatic N) is 1. The zero-order chi connectivity index (χ0) is 8.27. The van der Waals surface area contributed by atoms with Crippen LogP contribution >= 0.6 is 0 Å². The van der Waals surface area contributed by atoms with Gasteiger partial charge in [0, 0.05) is 19.1 Å². The molecular formula is C8H16N2O. The smallest absolute Gasteiger partial charge is 0.234 e. The molecule has 0 saturated carbocycles. The van der Waals surface area contributed by atoms with Crippen LogP contribution in [0.5, 0.6) is 0 Å². The van der Waals surface area contributed by atoms with Gasteiger partial charge in [0.15, 0.2) is 0 Å². The molecule has 0 aromatic carbocycles. The first-order valence-corrected chi connectivity index (χ1v) is 4.21. The van der Waals surface area contributed by atoms with E-state index in [1.54, 1.807) is 0 Å². The Bertz CT molecular complexity index is 145. The highest BCUT2D eigenvalue weighted by atomic mass is 16.2. The molecule has 1 N–H and O–H groups in total. The summed E-state index contributed by atoms with van der Waals surface area (Å²) in [5.74, 6) is 0.163. The lowest BCUT2D eigenvalue weighted by Crippen LogP contribution is -2.37. The first-order valence-electron chi connectivity index (χ1n) is 4.21. The van der Waals surface area contributed by atoms with Crippen LogP contribution in [0.3, 0.4) is 0 Å². The monoisotopic (exact) mass is 156 g/mol. The predicted molar refractivity (Wildman–Crippen MR) is 44.3 cm³/mol. The highest BCUT2D eigenvalue weighted by Crippen LogP contribution is 2.01. The molecule has 64 valence electrons. The second-order valence-corrected chi connectivity index (χ2v) is 3.27. The van der Waals surface area contributed by atoms with Crippen LogP contribution in [0.2, 0.25) is 0 Å². The van der Waals surface area contributed by atoms with E-state index in [-0.39, 0.29) is 5.91 Å². The molecular weight excluding hydrogens is 140 g/mol. The van der Waals surface area contributed by atoms with E-state index >= 15 is 0 Å². The van der Waals surface area contributed by atoms with Gasteiger partial charge in [-0.25, -0.2) is 0 Å². The number of carbonyl (C=O) groups is 1. The molecule has 1 saturated heterocycles. The Morgan fingerprint density at radius 2 is 2.27 bits per heavy atom. The van der Waals surface area contributed by atoms with Crippen LogP contribution in [0, 0.1) is 0 Å². The summed E-state index contributed by atoms with van der Waals surface area (Å²) in [4.78, 5) is 13.2. The van der Waals surface area contributed by atoms with Gasteiger partial charge in [-0.1, -0.05) is 0 Å². The Hall–Kier alpha value is -0.570. The van der Waals surface area contributed by atoms with Gasteiger partial charge < -0.3 is 5.32 Å². The second-order valence-electron chi connectivity index (χ2n) is 3.27. The Morgan fingerprint density at radius 1 is 1.55 bits per heavy atom. The van der Waals surface area contributed by atoms with Crippen molar-refractivity contribution in [2.45, 2.75) is 26.3 Å². The van der Waals surface area contributed by atoms with E-state index in [0.29, 0.717) is 12.6 Å².